The van der Waals surface area contributed by atoms with Crippen molar-refractivity contribution in [1.82, 2.24) is 9.88 Å². The van der Waals surface area contributed by atoms with Crippen molar-refractivity contribution in [3.63, 3.8) is 0 Å². The van der Waals surface area contributed by atoms with Crippen LogP contribution in [0, 0.1) is 0 Å². The van der Waals surface area contributed by atoms with Crippen LogP contribution in [-0.2, 0) is 4.74 Å². The topological polar surface area (TPSA) is 51.4 Å². The first-order valence-electron chi connectivity index (χ1n) is 6.09. The Balaban J connectivity index is 2.83. The van der Waals surface area contributed by atoms with E-state index < -0.39 is 0 Å². The van der Waals surface area contributed by atoms with Gasteiger partial charge < -0.3 is 10.5 Å². The summed E-state index contributed by atoms with van der Waals surface area (Å²) in [4.78, 5) is 6.50. The van der Waals surface area contributed by atoms with Gasteiger partial charge in [0, 0.05) is 32.1 Å². The minimum atomic E-state index is 0.0657. The largest absolute Gasteiger partial charge is 0.383 e. The smallest absolute Gasteiger partial charge is 0.0589 e. The SMILES string of the molecule is CCN(CCOC)C(c1cccnc1)C(C)N. The number of nitrogens with zero attached hydrogens (tertiary/aromatic N) is 2. The van der Waals surface area contributed by atoms with Gasteiger partial charge in [-0.05, 0) is 25.1 Å². The highest BCUT2D eigenvalue weighted by atomic mass is 16.5. The van der Waals surface area contributed by atoms with E-state index >= 15 is 0 Å². The Hall–Kier alpha value is -0.970. The zero-order chi connectivity index (χ0) is 12.7. The van der Waals surface area contributed by atoms with Crippen LogP contribution in [0.1, 0.15) is 25.5 Å². The third-order valence-corrected chi connectivity index (χ3v) is 2.91. The van der Waals surface area contributed by atoms with E-state index in [1.165, 1.54) is 5.56 Å². The van der Waals surface area contributed by atoms with E-state index in [2.05, 4.69) is 22.9 Å². The molecule has 4 nitrogen and oxygen atoms in total. The molecule has 0 radical (unpaired) electrons. The highest BCUT2D eigenvalue weighted by Gasteiger charge is 2.22. The number of pyridine rings is 1. The average Bonchev–Trinajstić information content (AvgIpc) is 2.35. The zero-order valence-corrected chi connectivity index (χ0v) is 11.0. The summed E-state index contributed by atoms with van der Waals surface area (Å²) in [7, 11) is 1.72. The number of methoxy groups -OCH3 is 1. The molecule has 0 bridgehead atoms. The summed E-state index contributed by atoms with van der Waals surface area (Å²) >= 11 is 0. The maximum Gasteiger partial charge on any atom is 0.0589 e. The Labute approximate surface area is 104 Å². The van der Waals surface area contributed by atoms with Crippen molar-refractivity contribution in [2.45, 2.75) is 25.9 Å². The summed E-state index contributed by atoms with van der Waals surface area (Å²) in [5, 5.41) is 0. The molecule has 0 fully saturated rings. The van der Waals surface area contributed by atoms with E-state index in [4.69, 9.17) is 10.5 Å². The second-order valence-electron chi connectivity index (χ2n) is 4.21. The summed E-state index contributed by atoms with van der Waals surface area (Å²) in [5.74, 6) is 0. The second kappa shape index (κ2) is 7.37. The number of aromatic nitrogens is 1. The number of hydrogen-bond donors (Lipinski definition) is 1. The lowest BCUT2D eigenvalue weighted by Gasteiger charge is -2.33. The molecule has 2 N–H and O–H groups in total. The summed E-state index contributed by atoms with van der Waals surface area (Å²) in [6.45, 7) is 6.73. The van der Waals surface area contributed by atoms with E-state index in [0.717, 1.165) is 19.7 Å². The molecular weight excluding hydrogens is 214 g/mol. The van der Waals surface area contributed by atoms with Crippen molar-refractivity contribution in [1.29, 1.82) is 0 Å². The molecule has 1 heterocycles. The first kappa shape index (κ1) is 14.1. The van der Waals surface area contributed by atoms with Crippen LogP contribution in [0.5, 0.6) is 0 Å². The van der Waals surface area contributed by atoms with Gasteiger partial charge in [0.1, 0.15) is 0 Å². The molecule has 0 amide bonds. The predicted molar refractivity (Wildman–Crippen MR) is 69.8 cm³/mol. The molecule has 0 spiro atoms. The van der Waals surface area contributed by atoms with Crippen molar-refractivity contribution < 1.29 is 4.74 Å². The molecule has 1 rings (SSSR count). The lowest BCUT2D eigenvalue weighted by Crippen LogP contribution is -2.41. The van der Waals surface area contributed by atoms with Crippen LogP contribution in [-0.4, -0.2) is 42.7 Å². The van der Waals surface area contributed by atoms with Gasteiger partial charge in [0.25, 0.3) is 0 Å². The molecule has 1 aromatic rings. The van der Waals surface area contributed by atoms with Gasteiger partial charge in [-0.25, -0.2) is 0 Å². The molecule has 96 valence electrons. The Bertz CT molecular complexity index is 303. The molecule has 0 aliphatic heterocycles. The number of ether oxygens (including phenoxy) is 1. The maximum absolute atomic E-state index is 6.11. The molecule has 17 heavy (non-hydrogen) atoms. The van der Waals surface area contributed by atoms with Crippen molar-refractivity contribution in [2.75, 3.05) is 26.8 Å². The molecule has 2 unspecified atom stereocenters. The van der Waals surface area contributed by atoms with Gasteiger partial charge in [0.2, 0.25) is 0 Å². The fourth-order valence-corrected chi connectivity index (χ4v) is 2.10. The monoisotopic (exact) mass is 237 g/mol. The molecule has 2 atom stereocenters. The van der Waals surface area contributed by atoms with Crippen LogP contribution in [0.15, 0.2) is 24.5 Å². The Morgan fingerprint density at radius 2 is 2.29 bits per heavy atom. The average molecular weight is 237 g/mol. The fraction of sp³-hybridized carbons (Fsp3) is 0.615. The van der Waals surface area contributed by atoms with Crippen molar-refractivity contribution >= 4 is 0 Å². The number of likely N-dealkylation sites (N-methyl/N-ethyl adjacent to an activating group) is 1. The number of hydrogen-bond acceptors (Lipinski definition) is 4. The first-order valence-corrected chi connectivity index (χ1v) is 6.09. The predicted octanol–water partition coefficient (Wildman–Crippen LogP) is 1.44. The van der Waals surface area contributed by atoms with Gasteiger partial charge in [-0.3, -0.25) is 9.88 Å². The maximum atomic E-state index is 6.11. The fourth-order valence-electron chi connectivity index (χ4n) is 2.10. The Morgan fingerprint density at radius 3 is 2.76 bits per heavy atom. The highest BCUT2D eigenvalue weighted by molar-refractivity contribution is 5.16. The molecule has 0 aliphatic carbocycles. The van der Waals surface area contributed by atoms with E-state index in [-0.39, 0.29) is 12.1 Å². The lowest BCUT2D eigenvalue weighted by atomic mass is 10.0. The van der Waals surface area contributed by atoms with E-state index in [1.807, 2.05) is 19.2 Å². The van der Waals surface area contributed by atoms with Crippen LogP contribution in [0.2, 0.25) is 0 Å². The summed E-state index contributed by atoms with van der Waals surface area (Å²) in [5.41, 5.74) is 7.27. The molecule has 4 heteroatoms. The van der Waals surface area contributed by atoms with Crippen LogP contribution in [0.3, 0.4) is 0 Å². The Morgan fingerprint density at radius 1 is 1.53 bits per heavy atom. The van der Waals surface area contributed by atoms with Crippen molar-refractivity contribution in [3.8, 4) is 0 Å². The van der Waals surface area contributed by atoms with Gasteiger partial charge in [0.15, 0.2) is 0 Å². The summed E-state index contributed by atoms with van der Waals surface area (Å²) in [6, 6.07) is 4.30. The number of rotatable bonds is 7. The van der Waals surface area contributed by atoms with Crippen LogP contribution in [0.25, 0.3) is 0 Å². The van der Waals surface area contributed by atoms with E-state index in [9.17, 15) is 0 Å². The van der Waals surface area contributed by atoms with Gasteiger partial charge in [-0.15, -0.1) is 0 Å². The molecule has 1 aromatic heterocycles. The summed E-state index contributed by atoms with van der Waals surface area (Å²) in [6.07, 6.45) is 3.68. The molecule has 0 saturated heterocycles. The minimum Gasteiger partial charge on any atom is -0.383 e. The van der Waals surface area contributed by atoms with E-state index in [1.54, 1.807) is 13.3 Å². The zero-order valence-electron chi connectivity index (χ0n) is 11.0. The second-order valence-corrected chi connectivity index (χ2v) is 4.21. The van der Waals surface area contributed by atoms with Crippen LogP contribution >= 0.6 is 0 Å². The highest BCUT2D eigenvalue weighted by Crippen LogP contribution is 2.22. The Kier molecular flexibility index (Phi) is 6.11. The van der Waals surface area contributed by atoms with Crippen molar-refractivity contribution in [3.05, 3.63) is 30.1 Å². The lowest BCUT2D eigenvalue weighted by molar-refractivity contribution is 0.115. The third kappa shape index (κ3) is 4.07. The molecular formula is C13H23N3O. The van der Waals surface area contributed by atoms with E-state index in [0.29, 0.717) is 0 Å². The summed E-state index contributed by atoms with van der Waals surface area (Å²) < 4.78 is 5.14. The molecule has 0 saturated carbocycles. The van der Waals surface area contributed by atoms with Gasteiger partial charge in [-0.2, -0.15) is 0 Å². The van der Waals surface area contributed by atoms with Gasteiger partial charge in [-0.1, -0.05) is 13.0 Å². The van der Waals surface area contributed by atoms with Gasteiger partial charge in [0.05, 0.1) is 12.6 Å². The molecule has 0 aromatic carbocycles. The quantitative estimate of drug-likeness (QED) is 0.779. The molecule has 0 aliphatic rings. The van der Waals surface area contributed by atoms with Crippen LogP contribution < -0.4 is 5.73 Å². The normalized spacial score (nSPS) is 14.9. The minimum absolute atomic E-state index is 0.0657. The van der Waals surface area contributed by atoms with Crippen molar-refractivity contribution in [2.24, 2.45) is 5.73 Å². The third-order valence-electron chi connectivity index (χ3n) is 2.91. The van der Waals surface area contributed by atoms with Crippen LogP contribution in [0.4, 0.5) is 0 Å². The number of nitrogens with two attached hydrogens (primary N) is 1. The first-order chi connectivity index (χ1) is 8.20. The van der Waals surface area contributed by atoms with Gasteiger partial charge >= 0.3 is 0 Å². The standard InChI is InChI=1S/C13H23N3O/c1-4-16(8-9-17-3)13(11(2)14)12-6-5-7-15-10-12/h5-7,10-11,13H,4,8-9,14H2,1-3H3.